The lowest BCUT2D eigenvalue weighted by atomic mass is 9.90. The van der Waals surface area contributed by atoms with E-state index >= 15 is 0 Å². The van der Waals surface area contributed by atoms with Gasteiger partial charge in [0.05, 0.1) is 35.3 Å². The molecule has 0 N–H and O–H groups in total. The number of nitriles is 1. The van der Waals surface area contributed by atoms with E-state index in [0.29, 0.717) is 29.2 Å². The quantitative estimate of drug-likeness (QED) is 0.580. The van der Waals surface area contributed by atoms with Crippen molar-refractivity contribution in [2.75, 3.05) is 33.0 Å². The lowest BCUT2D eigenvalue weighted by molar-refractivity contribution is 0.125. The predicted molar refractivity (Wildman–Crippen MR) is 115 cm³/mol. The fourth-order valence-corrected chi connectivity index (χ4v) is 4.13. The van der Waals surface area contributed by atoms with Crippen LogP contribution in [0.15, 0.2) is 30.6 Å². The zero-order chi connectivity index (χ0) is 19.9. The number of aromatic nitrogens is 2. The molecule has 1 saturated heterocycles. The molecule has 0 aliphatic carbocycles. The van der Waals surface area contributed by atoms with E-state index in [1.165, 1.54) is 11.1 Å². The molecule has 6 nitrogen and oxygen atoms in total. The van der Waals surface area contributed by atoms with Gasteiger partial charge in [-0.3, -0.25) is 0 Å². The van der Waals surface area contributed by atoms with Crippen LogP contribution >= 0.6 is 17.6 Å². The molecule has 2 heterocycles. The van der Waals surface area contributed by atoms with Gasteiger partial charge in [-0.2, -0.15) is 10.2 Å². The third-order valence-electron chi connectivity index (χ3n) is 4.85. The molecule has 28 heavy (non-hydrogen) atoms. The molecule has 2 unspecified atom stereocenters. The van der Waals surface area contributed by atoms with Crippen LogP contribution in [0.25, 0.3) is 0 Å². The Bertz CT molecular complexity index is 820. The second-order valence-electron chi connectivity index (χ2n) is 6.92. The molecule has 0 amide bonds. The van der Waals surface area contributed by atoms with E-state index < -0.39 is 0 Å². The summed E-state index contributed by atoms with van der Waals surface area (Å²) in [7, 11) is 0.590. The fraction of sp³-hybridized carbons (Fsp3) is 0.450. The summed E-state index contributed by atoms with van der Waals surface area (Å²) in [5.41, 5.74) is 3.39. The monoisotopic (exact) mass is 416 g/mol. The molecule has 3 rings (SSSR count). The van der Waals surface area contributed by atoms with E-state index in [9.17, 15) is 0 Å². The van der Waals surface area contributed by atoms with E-state index in [1.54, 1.807) is 6.33 Å². The maximum atomic E-state index is 9.07. The topological polar surface area (TPSA) is 71.3 Å². The van der Waals surface area contributed by atoms with Crippen LogP contribution < -0.4 is 9.05 Å². The number of hydrogen-bond acceptors (Lipinski definition) is 6. The van der Waals surface area contributed by atoms with E-state index in [4.69, 9.17) is 14.3 Å². The highest BCUT2D eigenvalue weighted by atomic mass is 31.1. The zero-order valence-corrected chi connectivity index (χ0v) is 18.5. The second-order valence-corrected chi connectivity index (χ2v) is 8.15. The average Bonchev–Trinajstić information content (AvgIpc) is 2.66. The predicted octanol–water partition coefficient (Wildman–Crippen LogP) is 3.77. The number of benzene rings is 1. The molecule has 1 aromatic heterocycles. The fourth-order valence-electron chi connectivity index (χ4n) is 3.38. The first-order valence-electron chi connectivity index (χ1n) is 9.34. The molecule has 1 aliphatic rings. The van der Waals surface area contributed by atoms with Gasteiger partial charge < -0.3 is 13.9 Å². The first-order valence-corrected chi connectivity index (χ1v) is 12.2. The number of likely N-dealkylation sites (tertiary alicyclic amines) is 1. The second kappa shape index (κ2) is 10.1. The molecular weight excluding hydrogens is 390 g/mol. The summed E-state index contributed by atoms with van der Waals surface area (Å²) in [6.45, 7) is 8.62. The minimum Gasteiger partial charge on any atom is -0.470 e. The van der Waals surface area contributed by atoms with Crippen LogP contribution in [0.5, 0.6) is 11.6 Å². The lowest BCUT2D eigenvalue weighted by Gasteiger charge is -2.38. The van der Waals surface area contributed by atoms with Crippen molar-refractivity contribution in [2.45, 2.75) is 19.3 Å². The third kappa shape index (κ3) is 5.17. The van der Waals surface area contributed by atoms with E-state index in [2.05, 4.69) is 52.1 Å². The van der Waals surface area contributed by atoms with Gasteiger partial charge in [0.1, 0.15) is 6.33 Å². The van der Waals surface area contributed by atoms with Gasteiger partial charge in [-0.25, -0.2) is 4.98 Å². The maximum Gasteiger partial charge on any atom is 0.263 e. The van der Waals surface area contributed by atoms with Crippen LogP contribution in [0.3, 0.4) is 0 Å². The first kappa shape index (κ1) is 20.9. The summed E-state index contributed by atoms with van der Waals surface area (Å²) in [4.78, 5) is 11.1. The molecule has 148 valence electrons. The Balaban J connectivity index is 1.85. The molecule has 0 spiro atoms. The van der Waals surface area contributed by atoms with Gasteiger partial charge >= 0.3 is 0 Å². The minimum atomic E-state index is 0.156. The normalized spacial score (nSPS) is 16.4. The van der Waals surface area contributed by atoms with Crippen molar-refractivity contribution < 1.29 is 9.05 Å². The van der Waals surface area contributed by atoms with Crippen LogP contribution in [0.2, 0.25) is 0 Å². The van der Waals surface area contributed by atoms with Crippen molar-refractivity contribution in [3.8, 4) is 17.7 Å². The maximum absolute atomic E-state index is 9.07. The first-order chi connectivity index (χ1) is 13.6. The van der Waals surface area contributed by atoms with Crippen molar-refractivity contribution in [1.29, 1.82) is 5.26 Å². The zero-order valence-electron chi connectivity index (χ0n) is 16.5. The highest BCUT2D eigenvalue weighted by Gasteiger charge is 2.30. The van der Waals surface area contributed by atoms with Gasteiger partial charge in [0.25, 0.3) is 5.88 Å². The standard InChI is InChI=1S/C20H26N4O2P2/c1-14-4-6-16(7-5-14)17(12-24-10-15(9-21)11-24)8-18-19(25-27-2)20(26-28-3)23-13-22-18/h4-7,13,15,17,27-28H,8,10-12H2,1-3H3/t17-/m1/s1. The Labute approximate surface area is 170 Å². The van der Waals surface area contributed by atoms with Crippen LogP contribution in [-0.2, 0) is 6.42 Å². The summed E-state index contributed by atoms with van der Waals surface area (Å²) >= 11 is 0. The summed E-state index contributed by atoms with van der Waals surface area (Å²) in [5, 5.41) is 9.07. The Kier molecular flexibility index (Phi) is 7.57. The molecule has 0 bridgehead atoms. The summed E-state index contributed by atoms with van der Waals surface area (Å²) in [6, 6.07) is 11.0. The lowest BCUT2D eigenvalue weighted by Crippen LogP contribution is -2.47. The Hall–Kier alpha value is -1.79. The van der Waals surface area contributed by atoms with Crippen LogP contribution in [0.1, 0.15) is 22.7 Å². The number of rotatable bonds is 9. The molecule has 0 radical (unpaired) electrons. The van der Waals surface area contributed by atoms with Gasteiger partial charge in [-0.1, -0.05) is 29.8 Å². The minimum absolute atomic E-state index is 0.156. The van der Waals surface area contributed by atoms with E-state index in [1.807, 2.05) is 13.3 Å². The molecule has 2 aromatic rings. The van der Waals surface area contributed by atoms with Crippen molar-refractivity contribution in [3.63, 3.8) is 0 Å². The third-order valence-corrected chi connectivity index (χ3v) is 5.66. The van der Waals surface area contributed by atoms with Crippen LogP contribution in [0.4, 0.5) is 0 Å². The number of aryl methyl sites for hydroxylation is 1. The molecule has 1 aromatic carbocycles. The largest absolute Gasteiger partial charge is 0.470 e. The smallest absolute Gasteiger partial charge is 0.263 e. The van der Waals surface area contributed by atoms with E-state index in [0.717, 1.165) is 31.7 Å². The molecule has 3 atom stereocenters. The van der Waals surface area contributed by atoms with Gasteiger partial charge in [0.15, 0.2) is 0 Å². The number of hydrogen-bond donors (Lipinski definition) is 0. The Morgan fingerprint density at radius 2 is 1.89 bits per heavy atom. The molecule has 8 heteroatoms. The highest BCUT2D eigenvalue weighted by molar-refractivity contribution is 7.32. The van der Waals surface area contributed by atoms with Gasteiger partial charge in [-0.05, 0) is 25.8 Å². The summed E-state index contributed by atoms with van der Waals surface area (Å²) in [5.74, 6) is 1.60. The molecule has 0 saturated carbocycles. The molecular formula is C20H26N4O2P2. The summed E-state index contributed by atoms with van der Waals surface area (Å²) in [6.07, 6.45) is 2.29. The highest BCUT2D eigenvalue weighted by Crippen LogP contribution is 2.37. The average molecular weight is 416 g/mol. The van der Waals surface area contributed by atoms with E-state index in [-0.39, 0.29) is 11.8 Å². The molecule has 1 aliphatic heterocycles. The van der Waals surface area contributed by atoms with Crippen molar-refractivity contribution >= 4 is 17.6 Å². The van der Waals surface area contributed by atoms with Gasteiger partial charge in [-0.15, -0.1) is 0 Å². The van der Waals surface area contributed by atoms with Crippen molar-refractivity contribution in [2.24, 2.45) is 5.92 Å². The van der Waals surface area contributed by atoms with Gasteiger partial charge in [0.2, 0.25) is 5.75 Å². The van der Waals surface area contributed by atoms with Crippen LogP contribution in [-0.4, -0.2) is 47.8 Å². The Morgan fingerprint density at radius 1 is 1.18 bits per heavy atom. The summed E-state index contributed by atoms with van der Waals surface area (Å²) < 4.78 is 11.6. The van der Waals surface area contributed by atoms with Crippen molar-refractivity contribution in [1.82, 2.24) is 14.9 Å². The van der Waals surface area contributed by atoms with Gasteiger partial charge in [0, 0.05) is 32.0 Å². The van der Waals surface area contributed by atoms with Crippen LogP contribution in [0, 0.1) is 24.2 Å². The number of nitrogens with zero attached hydrogens (tertiary/aromatic N) is 4. The SMILES string of the molecule is CPOc1ncnc(C[C@H](CN2CC(C#N)C2)c2ccc(C)cc2)c1OPC. The van der Waals surface area contributed by atoms with Crippen molar-refractivity contribution in [3.05, 3.63) is 47.4 Å². The Morgan fingerprint density at radius 3 is 2.54 bits per heavy atom. The molecule has 1 fully saturated rings.